The summed E-state index contributed by atoms with van der Waals surface area (Å²) in [7, 11) is 1.40. The first kappa shape index (κ1) is 23.5. The van der Waals surface area contributed by atoms with Gasteiger partial charge >= 0.3 is 5.97 Å². The summed E-state index contributed by atoms with van der Waals surface area (Å²) in [4.78, 5) is 23.7. The van der Waals surface area contributed by atoms with Crippen LogP contribution in [-0.4, -0.2) is 42.3 Å². The maximum absolute atomic E-state index is 12.5. The Balaban J connectivity index is 1.27. The van der Waals surface area contributed by atoms with Crippen LogP contribution in [0.25, 0.3) is 0 Å². The number of ether oxygens (including phenoxy) is 3. The van der Waals surface area contributed by atoms with Gasteiger partial charge in [0.25, 0.3) is 0 Å². The van der Waals surface area contributed by atoms with Crippen molar-refractivity contribution in [1.82, 2.24) is 0 Å². The highest BCUT2D eigenvalue weighted by atomic mass is 16.5. The van der Waals surface area contributed by atoms with E-state index in [1.54, 1.807) is 12.1 Å². The first-order valence-corrected chi connectivity index (χ1v) is 11.4. The third-order valence-corrected chi connectivity index (χ3v) is 6.00. The number of rotatable bonds is 10. The molecule has 3 aromatic carbocycles. The number of hydrogen-bond donors (Lipinski definition) is 1. The van der Waals surface area contributed by atoms with E-state index < -0.39 is 12.1 Å². The third kappa shape index (κ3) is 6.02. The molecule has 0 spiro atoms. The second-order valence-electron chi connectivity index (χ2n) is 8.42. The Morgan fingerprint density at radius 3 is 1.88 bits per heavy atom. The van der Waals surface area contributed by atoms with Crippen molar-refractivity contribution in [3.8, 4) is 11.5 Å². The zero-order valence-electron chi connectivity index (χ0n) is 19.1. The Kier molecular flexibility index (Phi) is 7.60. The molecule has 0 aliphatic heterocycles. The molecule has 0 radical (unpaired) electrons. The molecule has 176 valence electrons. The summed E-state index contributed by atoms with van der Waals surface area (Å²) >= 11 is 0. The van der Waals surface area contributed by atoms with Gasteiger partial charge in [0.1, 0.15) is 23.7 Å². The number of carboxylic acids is 1. The summed E-state index contributed by atoms with van der Waals surface area (Å²) in [5, 5.41) is 9.12. The number of carbonyl (C=O) groups excluding carboxylic acids is 1. The van der Waals surface area contributed by atoms with Gasteiger partial charge in [-0.15, -0.1) is 0 Å². The van der Waals surface area contributed by atoms with Crippen LogP contribution in [-0.2, 0) is 16.0 Å². The molecule has 1 aliphatic carbocycles. The number of hydrogen-bond acceptors (Lipinski definition) is 5. The SMILES string of the molecule is CO[C@@H](Cc1ccc(O[C@@H]2CC[C@H](Oc3ccc(C(=O)c4ccccc4)cc3)C2)cc1)C(=O)O. The summed E-state index contributed by atoms with van der Waals surface area (Å²) < 4.78 is 17.2. The van der Waals surface area contributed by atoms with Crippen LogP contribution in [0.4, 0.5) is 0 Å². The monoisotopic (exact) mass is 460 g/mol. The Labute approximate surface area is 199 Å². The largest absolute Gasteiger partial charge is 0.490 e. The van der Waals surface area contributed by atoms with Crippen molar-refractivity contribution in [1.29, 1.82) is 0 Å². The molecule has 6 nitrogen and oxygen atoms in total. The van der Waals surface area contributed by atoms with Crippen LogP contribution in [0, 0.1) is 0 Å². The van der Waals surface area contributed by atoms with Gasteiger partial charge in [0, 0.05) is 31.1 Å². The lowest BCUT2D eigenvalue weighted by molar-refractivity contribution is -0.148. The number of methoxy groups -OCH3 is 1. The fourth-order valence-electron chi connectivity index (χ4n) is 4.13. The molecule has 3 atom stereocenters. The molecule has 1 aliphatic rings. The molecule has 6 heteroatoms. The van der Waals surface area contributed by atoms with Crippen molar-refractivity contribution in [3.63, 3.8) is 0 Å². The maximum Gasteiger partial charge on any atom is 0.333 e. The van der Waals surface area contributed by atoms with Crippen LogP contribution in [0.1, 0.15) is 40.7 Å². The molecular formula is C28H28O6. The molecular weight excluding hydrogens is 432 g/mol. The van der Waals surface area contributed by atoms with E-state index >= 15 is 0 Å². The van der Waals surface area contributed by atoms with Crippen molar-refractivity contribution in [3.05, 3.63) is 95.6 Å². The highest BCUT2D eigenvalue weighted by molar-refractivity contribution is 6.08. The minimum atomic E-state index is -0.975. The normalized spacial score (nSPS) is 18.3. The van der Waals surface area contributed by atoms with Crippen molar-refractivity contribution < 1.29 is 28.9 Å². The summed E-state index contributed by atoms with van der Waals surface area (Å²) in [5.41, 5.74) is 2.18. The van der Waals surface area contributed by atoms with Gasteiger partial charge in [0.2, 0.25) is 0 Å². The molecule has 1 N–H and O–H groups in total. The predicted molar refractivity (Wildman–Crippen MR) is 128 cm³/mol. The van der Waals surface area contributed by atoms with E-state index in [9.17, 15) is 9.59 Å². The summed E-state index contributed by atoms with van der Waals surface area (Å²) in [6.07, 6.45) is 2.12. The molecule has 0 saturated heterocycles. The minimum absolute atomic E-state index is 0.00630. The van der Waals surface area contributed by atoms with Gasteiger partial charge in [-0.2, -0.15) is 0 Å². The van der Waals surface area contributed by atoms with Crippen molar-refractivity contribution in [2.75, 3.05) is 7.11 Å². The Morgan fingerprint density at radius 2 is 1.35 bits per heavy atom. The highest BCUT2D eigenvalue weighted by Gasteiger charge is 2.28. The van der Waals surface area contributed by atoms with Gasteiger partial charge in [-0.1, -0.05) is 42.5 Å². The van der Waals surface area contributed by atoms with Crippen LogP contribution in [0.5, 0.6) is 11.5 Å². The van der Waals surface area contributed by atoms with Gasteiger partial charge in [-0.05, 0) is 54.8 Å². The zero-order valence-corrected chi connectivity index (χ0v) is 19.1. The van der Waals surface area contributed by atoms with E-state index in [4.69, 9.17) is 19.3 Å². The quantitative estimate of drug-likeness (QED) is 0.432. The second kappa shape index (κ2) is 11.0. The molecule has 4 rings (SSSR count). The second-order valence-corrected chi connectivity index (χ2v) is 8.42. The van der Waals surface area contributed by atoms with E-state index in [2.05, 4.69) is 0 Å². The van der Waals surface area contributed by atoms with Crippen LogP contribution in [0.3, 0.4) is 0 Å². The highest BCUT2D eigenvalue weighted by Crippen LogP contribution is 2.29. The molecule has 0 amide bonds. The molecule has 3 aromatic rings. The van der Waals surface area contributed by atoms with Gasteiger partial charge in [-0.3, -0.25) is 4.79 Å². The van der Waals surface area contributed by atoms with Crippen molar-refractivity contribution >= 4 is 11.8 Å². The number of ketones is 1. The number of aliphatic carboxylic acids is 1. The first-order chi connectivity index (χ1) is 16.5. The summed E-state index contributed by atoms with van der Waals surface area (Å²) in [6, 6.07) is 24.0. The lowest BCUT2D eigenvalue weighted by Crippen LogP contribution is -2.24. The molecule has 34 heavy (non-hydrogen) atoms. The van der Waals surface area contributed by atoms with E-state index in [0.717, 1.165) is 36.3 Å². The molecule has 0 heterocycles. The van der Waals surface area contributed by atoms with Gasteiger partial charge < -0.3 is 19.3 Å². The fraction of sp³-hybridized carbons (Fsp3) is 0.286. The Bertz CT molecular complexity index is 1090. The van der Waals surface area contributed by atoms with Gasteiger partial charge in [0.15, 0.2) is 11.9 Å². The molecule has 1 saturated carbocycles. The Hall–Kier alpha value is -3.64. The molecule has 0 aromatic heterocycles. The zero-order chi connectivity index (χ0) is 23.9. The van der Waals surface area contributed by atoms with E-state index in [-0.39, 0.29) is 18.0 Å². The lowest BCUT2D eigenvalue weighted by Gasteiger charge is -2.16. The fourth-order valence-corrected chi connectivity index (χ4v) is 4.13. The minimum Gasteiger partial charge on any atom is -0.490 e. The summed E-state index contributed by atoms with van der Waals surface area (Å²) in [6.45, 7) is 0. The van der Waals surface area contributed by atoms with Crippen LogP contribution in [0.15, 0.2) is 78.9 Å². The molecule has 1 fully saturated rings. The topological polar surface area (TPSA) is 82.1 Å². The smallest absolute Gasteiger partial charge is 0.333 e. The van der Waals surface area contributed by atoms with Crippen molar-refractivity contribution in [2.24, 2.45) is 0 Å². The first-order valence-electron chi connectivity index (χ1n) is 11.4. The van der Waals surface area contributed by atoms with Crippen molar-refractivity contribution in [2.45, 2.75) is 44.0 Å². The van der Waals surface area contributed by atoms with E-state index in [1.807, 2.05) is 66.7 Å². The summed E-state index contributed by atoms with van der Waals surface area (Å²) in [5.74, 6) is 0.513. The standard InChI is InChI=1S/C28H28O6/c1-32-26(28(30)31)17-19-7-11-22(12-8-19)33-24-15-16-25(18-24)34-23-13-9-21(10-14-23)27(29)20-5-3-2-4-6-20/h2-14,24-26H,15-18H2,1H3,(H,30,31)/t24-,25+,26+/m1/s1. The third-order valence-electron chi connectivity index (χ3n) is 6.00. The predicted octanol–water partition coefficient (Wildman–Crippen LogP) is 4.94. The Morgan fingerprint density at radius 1 is 0.824 bits per heavy atom. The van der Waals surface area contributed by atoms with Crippen LogP contribution in [0.2, 0.25) is 0 Å². The van der Waals surface area contributed by atoms with E-state index in [1.165, 1.54) is 7.11 Å². The maximum atomic E-state index is 12.5. The average Bonchev–Trinajstić information content (AvgIpc) is 3.30. The van der Waals surface area contributed by atoms with Gasteiger partial charge in [-0.25, -0.2) is 4.79 Å². The van der Waals surface area contributed by atoms with Gasteiger partial charge in [0.05, 0.1) is 0 Å². The van der Waals surface area contributed by atoms with E-state index in [0.29, 0.717) is 17.5 Å². The van der Waals surface area contributed by atoms with Crippen LogP contribution >= 0.6 is 0 Å². The van der Waals surface area contributed by atoms with Crippen LogP contribution < -0.4 is 9.47 Å². The number of benzene rings is 3. The molecule has 0 unspecified atom stereocenters. The number of carbonyl (C=O) groups is 2. The average molecular weight is 461 g/mol. The molecule has 0 bridgehead atoms. The number of carboxylic acid groups (broad SMARTS) is 1. The lowest BCUT2D eigenvalue weighted by atomic mass is 10.0.